The average molecular weight is 397 g/mol. The number of imidazole rings is 1. The molecule has 1 amide bonds. The summed E-state index contributed by atoms with van der Waals surface area (Å²) in [5, 5.41) is 1.65. The summed E-state index contributed by atoms with van der Waals surface area (Å²) in [5.41, 5.74) is 7.74. The molecule has 4 aromatic rings. The maximum absolute atomic E-state index is 13.3. The average Bonchev–Trinajstić information content (AvgIpc) is 3.44. The van der Waals surface area contributed by atoms with Crippen molar-refractivity contribution in [2.75, 3.05) is 7.11 Å². The van der Waals surface area contributed by atoms with Gasteiger partial charge in [-0.25, -0.2) is 15.0 Å². The van der Waals surface area contributed by atoms with Gasteiger partial charge in [0.25, 0.3) is 11.7 Å². The van der Waals surface area contributed by atoms with Crippen LogP contribution in [0.1, 0.15) is 27.8 Å². The van der Waals surface area contributed by atoms with E-state index >= 15 is 0 Å². The third-order valence-corrected chi connectivity index (χ3v) is 5.25. The van der Waals surface area contributed by atoms with Gasteiger partial charge in [0.2, 0.25) is 0 Å². The smallest absolute Gasteiger partial charge is 0.282 e. The fourth-order valence-electron chi connectivity index (χ4n) is 3.68. The lowest BCUT2D eigenvalue weighted by atomic mass is 10.1. The van der Waals surface area contributed by atoms with Crippen molar-refractivity contribution in [2.24, 2.45) is 0 Å². The number of benzene rings is 3. The Morgan fingerprint density at radius 1 is 0.967 bits per heavy atom. The summed E-state index contributed by atoms with van der Waals surface area (Å²) in [7, 11) is 1.64. The minimum Gasteiger partial charge on any atom is -0.497 e. The summed E-state index contributed by atoms with van der Waals surface area (Å²) in [4.78, 5) is 20.1. The Labute approximate surface area is 173 Å². The van der Waals surface area contributed by atoms with Crippen LogP contribution in [-0.2, 0) is 0 Å². The molecule has 2 heterocycles. The number of amides is 1. The number of hydrogen-bond acceptors (Lipinski definition) is 3. The van der Waals surface area contributed by atoms with Crippen LogP contribution in [0.25, 0.3) is 16.7 Å². The van der Waals surface area contributed by atoms with Crippen LogP contribution in [0.15, 0.2) is 84.9 Å². The lowest BCUT2D eigenvalue weighted by Crippen LogP contribution is -2.41. The number of aromatic amines is 2. The van der Waals surface area contributed by atoms with Crippen LogP contribution in [0.3, 0.4) is 0 Å². The summed E-state index contributed by atoms with van der Waals surface area (Å²) in [6.45, 7) is 0. The molecule has 0 saturated carbocycles. The molecule has 0 radical (unpaired) electrons. The molecule has 1 unspecified atom stereocenters. The molecule has 148 valence electrons. The maximum Gasteiger partial charge on any atom is 0.282 e. The summed E-state index contributed by atoms with van der Waals surface area (Å²) in [6.07, 6.45) is 2.05. The van der Waals surface area contributed by atoms with Crippen molar-refractivity contribution in [3.63, 3.8) is 0 Å². The quantitative estimate of drug-likeness (QED) is 0.551. The Morgan fingerprint density at radius 3 is 2.43 bits per heavy atom. The molecule has 0 spiro atoms. The first-order valence-corrected chi connectivity index (χ1v) is 9.74. The molecule has 0 aliphatic carbocycles. The molecule has 1 aliphatic rings. The van der Waals surface area contributed by atoms with Gasteiger partial charge in [-0.2, -0.15) is 0 Å². The van der Waals surface area contributed by atoms with Crippen LogP contribution in [0.2, 0.25) is 0 Å². The molecule has 6 heteroatoms. The van der Waals surface area contributed by atoms with Gasteiger partial charge in [0.1, 0.15) is 5.75 Å². The van der Waals surface area contributed by atoms with E-state index in [0.29, 0.717) is 5.56 Å². The first-order chi connectivity index (χ1) is 14.7. The number of nitrogens with zero attached hydrogens (tertiary/aromatic N) is 1. The van der Waals surface area contributed by atoms with Crippen molar-refractivity contribution in [1.82, 2.24) is 15.4 Å². The van der Waals surface area contributed by atoms with Gasteiger partial charge < -0.3 is 4.74 Å². The van der Waals surface area contributed by atoms with Gasteiger partial charge in [0.05, 0.1) is 12.8 Å². The second-order valence-electron chi connectivity index (χ2n) is 7.12. The van der Waals surface area contributed by atoms with Gasteiger partial charge in [-0.05, 0) is 60.2 Å². The highest BCUT2D eigenvalue weighted by atomic mass is 16.5. The van der Waals surface area contributed by atoms with E-state index in [-0.39, 0.29) is 11.9 Å². The monoisotopic (exact) mass is 397 g/mol. The zero-order valence-corrected chi connectivity index (χ0v) is 16.4. The first kappa shape index (κ1) is 18.0. The molecule has 1 aromatic heterocycles. The first-order valence-electron chi connectivity index (χ1n) is 9.74. The van der Waals surface area contributed by atoms with Crippen LogP contribution < -0.4 is 15.1 Å². The zero-order valence-electron chi connectivity index (χ0n) is 16.4. The number of para-hydroxylation sites is 2. The van der Waals surface area contributed by atoms with Crippen LogP contribution in [0, 0.1) is 0 Å². The molecule has 0 fully saturated rings. The molecule has 30 heavy (non-hydrogen) atoms. The molecule has 1 aliphatic heterocycles. The van der Waals surface area contributed by atoms with Crippen molar-refractivity contribution in [3.05, 3.63) is 102 Å². The van der Waals surface area contributed by atoms with Crippen LogP contribution >= 0.6 is 0 Å². The van der Waals surface area contributed by atoms with Gasteiger partial charge >= 0.3 is 0 Å². The normalized spacial score (nSPS) is 15.7. The Morgan fingerprint density at radius 2 is 1.70 bits per heavy atom. The summed E-state index contributed by atoms with van der Waals surface area (Å²) in [6, 6.07) is 24.7. The topological polar surface area (TPSA) is 71.5 Å². The van der Waals surface area contributed by atoms with Gasteiger partial charge in [-0.3, -0.25) is 10.2 Å². The molecule has 3 aromatic carbocycles. The second-order valence-corrected chi connectivity index (χ2v) is 7.12. The predicted molar refractivity (Wildman–Crippen MR) is 114 cm³/mol. The Kier molecular flexibility index (Phi) is 4.44. The minimum atomic E-state index is -0.317. The van der Waals surface area contributed by atoms with Crippen molar-refractivity contribution < 1.29 is 14.5 Å². The predicted octanol–water partition coefficient (Wildman–Crippen LogP) is 3.73. The van der Waals surface area contributed by atoms with E-state index in [9.17, 15) is 4.79 Å². The van der Waals surface area contributed by atoms with Crippen LogP contribution in [-0.4, -0.2) is 23.0 Å². The Bertz CT molecular complexity index is 1200. The molecule has 0 bridgehead atoms. The van der Waals surface area contributed by atoms with Crippen molar-refractivity contribution in [1.29, 1.82) is 0 Å². The summed E-state index contributed by atoms with van der Waals surface area (Å²) >= 11 is 0. The van der Waals surface area contributed by atoms with Crippen molar-refractivity contribution >= 4 is 22.6 Å². The molecule has 0 saturated heterocycles. The van der Waals surface area contributed by atoms with Gasteiger partial charge in [0.15, 0.2) is 17.1 Å². The molecule has 1 atom stereocenters. The molecule has 3 N–H and O–H groups in total. The summed E-state index contributed by atoms with van der Waals surface area (Å²) in [5.74, 6) is 1.51. The van der Waals surface area contributed by atoms with Crippen molar-refractivity contribution in [3.8, 4) is 5.75 Å². The van der Waals surface area contributed by atoms with Crippen LogP contribution in [0.4, 0.5) is 0 Å². The van der Waals surface area contributed by atoms with E-state index in [0.717, 1.165) is 33.9 Å². The van der Waals surface area contributed by atoms with E-state index in [1.165, 1.54) is 0 Å². The minimum absolute atomic E-state index is 0.104. The number of hydrogen-bond donors (Lipinski definition) is 2. The standard InChI is InChI=1S/C24H20N4O2/c1-30-18-13-11-16(12-14-18)21-15-22(23-25-19-9-5-6-10-20(19)26-23)28(27-21)24(29)17-7-3-2-4-8-17/h2-15,22,27H,1H3,(H,25,26)/p+1. The van der Waals surface area contributed by atoms with E-state index in [1.54, 1.807) is 12.1 Å². The molecule has 6 nitrogen and oxygen atoms in total. The highest BCUT2D eigenvalue weighted by molar-refractivity contribution is 5.95. The van der Waals surface area contributed by atoms with Crippen molar-refractivity contribution in [2.45, 2.75) is 6.04 Å². The number of rotatable bonds is 4. The zero-order chi connectivity index (χ0) is 20.5. The van der Waals surface area contributed by atoms with E-state index in [2.05, 4.69) is 15.4 Å². The molecular weight excluding hydrogens is 376 g/mol. The number of carbonyl (C=O) groups excluding carboxylic acids is 1. The number of ether oxygens (including phenoxy) is 1. The third-order valence-electron chi connectivity index (χ3n) is 5.25. The largest absolute Gasteiger partial charge is 0.497 e. The number of hydrazine groups is 1. The second kappa shape index (κ2) is 7.40. The van der Waals surface area contributed by atoms with Gasteiger partial charge in [-0.1, -0.05) is 30.3 Å². The number of carbonyl (C=O) groups is 1. The summed E-state index contributed by atoms with van der Waals surface area (Å²) < 4.78 is 5.26. The fraction of sp³-hybridized carbons (Fsp3) is 0.0833. The number of fused-ring (bicyclic) bond motifs is 1. The van der Waals surface area contributed by atoms with E-state index in [4.69, 9.17) is 4.74 Å². The lowest BCUT2D eigenvalue weighted by molar-refractivity contribution is -0.362. The lowest BCUT2D eigenvalue weighted by Gasteiger charge is -2.22. The van der Waals surface area contributed by atoms with E-state index < -0.39 is 0 Å². The number of H-pyrrole nitrogens is 2. The van der Waals surface area contributed by atoms with E-state index in [1.807, 2.05) is 84.9 Å². The third kappa shape index (κ3) is 3.18. The SMILES string of the molecule is COc1ccc(C2=CC(c3[nH]c4ccccc4[nH+]3)N(C(=O)c3ccccc3)N2)cc1. The Hall–Kier alpha value is -4.06. The fourth-order valence-corrected chi connectivity index (χ4v) is 3.68. The van der Waals surface area contributed by atoms with Crippen LogP contribution in [0.5, 0.6) is 5.75 Å². The van der Waals surface area contributed by atoms with Gasteiger partial charge in [-0.15, -0.1) is 0 Å². The van der Waals surface area contributed by atoms with Gasteiger partial charge in [0, 0.05) is 5.56 Å². The highest BCUT2D eigenvalue weighted by Crippen LogP contribution is 2.31. The Balaban J connectivity index is 1.55. The molecular formula is C24H21N4O2+. The highest BCUT2D eigenvalue weighted by Gasteiger charge is 2.36. The maximum atomic E-state index is 13.3. The number of nitrogens with one attached hydrogen (secondary N) is 3. The number of aromatic nitrogens is 2. The molecule has 5 rings (SSSR count). The number of methoxy groups -OCH3 is 1.